The van der Waals surface area contributed by atoms with Crippen molar-refractivity contribution < 1.29 is 14.7 Å². The first-order valence-electron chi connectivity index (χ1n) is 7.70. The van der Waals surface area contributed by atoms with Crippen molar-refractivity contribution in [3.8, 4) is 0 Å². The first kappa shape index (κ1) is 15.1. The van der Waals surface area contributed by atoms with E-state index in [1.54, 1.807) is 0 Å². The lowest BCUT2D eigenvalue weighted by molar-refractivity contribution is -0.138. The third-order valence-electron chi connectivity index (χ3n) is 5.07. The van der Waals surface area contributed by atoms with Gasteiger partial charge in [-0.3, -0.25) is 4.79 Å². The molecule has 2 bridgehead atoms. The average molecular weight is 282 g/mol. The number of carbonyl (C=O) groups is 2. The van der Waals surface area contributed by atoms with Crippen molar-refractivity contribution in [2.75, 3.05) is 7.05 Å². The Hall–Kier alpha value is -1.26. The zero-order valence-electron chi connectivity index (χ0n) is 12.7. The lowest BCUT2D eigenvalue weighted by Gasteiger charge is -2.41. The summed E-state index contributed by atoms with van der Waals surface area (Å²) in [5.74, 6) is -0.478. The fourth-order valence-corrected chi connectivity index (χ4v) is 3.66. The van der Waals surface area contributed by atoms with E-state index < -0.39 is 5.97 Å². The summed E-state index contributed by atoms with van der Waals surface area (Å²) in [6.45, 7) is 4.15. The summed E-state index contributed by atoms with van der Waals surface area (Å²) in [5.41, 5.74) is 0. The molecule has 2 fully saturated rings. The third-order valence-corrected chi connectivity index (χ3v) is 5.07. The number of carboxylic acid groups (broad SMARTS) is 1. The number of aliphatic carboxylic acids is 1. The number of hydrogen-bond acceptors (Lipinski definition) is 2. The Morgan fingerprint density at radius 2 is 1.85 bits per heavy atom. The lowest BCUT2D eigenvalue weighted by Crippen LogP contribution is -2.53. The van der Waals surface area contributed by atoms with Gasteiger partial charge in [0.1, 0.15) is 0 Å². The van der Waals surface area contributed by atoms with Crippen molar-refractivity contribution in [1.82, 2.24) is 9.80 Å². The zero-order valence-corrected chi connectivity index (χ0v) is 12.7. The maximum atomic E-state index is 12.6. The van der Waals surface area contributed by atoms with Crippen LogP contribution in [0.25, 0.3) is 0 Å². The molecule has 2 saturated heterocycles. The molecule has 0 aliphatic carbocycles. The Balaban J connectivity index is 2.02. The van der Waals surface area contributed by atoms with E-state index in [1.165, 1.54) is 0 Å². The molecule has 5 nitrogen and oxygen atoms in total. The van der Waals surface area contributed by atoms with E-state index in [1.807, 2.05) is 16.8 Å². The molecule has 0 aromatic heterocycles. The molecule has 0 spiro atoms. The van der Waals surface area contributed by atoms with Crippen LogP contribution >= 0.6 is 0 Å². The highest BCUT2D eigenvalue weighted by atomic mass is 16.4. The standard InChI is InChI=1S/C15H26N2O3/c1-4-10(2)16(3)15(20)17-12-5-6-13(17)8-11(7-12)9-14(18)19/h10-13H,4-9H2,1-3H3,(H,18,19). The number of hydrogen-bond donors (Lipinski definition) is 1. The van der Waals surface area contributed by atoms with Gasteiger partial charge in [-0.05, 0) is 44.9 Å². The number of carbonyl (C=O) groups excluding carboxylic acids is 1. The summed E-state index contributed by atoms with van der Waals surface area (Å²) in [4.78, 5) is 27.4. The SMILES string of the molecule is CCC(C)N(C)C(=O)N1C2CCC1CC(CC(=O)O)C2. The first-order chi connectivity index (χ1) is 9.43. The first-order valence-corrected chi connectivity index (χ1v) is 7.70. The highest BCUT2D eigenvalue weighted by Crippen LogP contribution is 2.40. The van der Waals surface area contributed by atoms with Crippen molar-refractivity contribution >= 4 is 12.0 Å². The second-order valence-corrected chi connectivity index (χ2v) is 6.38. The van der Waals surface area contributed by atoms with Crippen LogP contribution in [0.5, 0.6) is 0 Å². The Morgan fingerprint density at radius 3 is 2.30 bits per heavy atom. The van der Waals surface area contributed by atoms with Gasteiger partial charge in [-0.15, -0.1) is 0 Å². The summed E-state index contributed by atoms with van der Waals surface area (Å²) < 4.78 is 0. The van der Waals surface area contributed by atoms with E-state index in [4.69, 9.17) is 5.11 Å². The summed E-state index contributed by atoms with van der Waals surface area (Å²) >= 11 is 0. The zero-order chi connectivity index (χ0) is 14.9. The Morgan fingerprint density at radius 1 is 1.30 bits per heavy atom. The van der Waals surface area contributed by atoms with Crippen molar-refractivity contribution in [3.05, 3.63) is 0 Å². The molecule has 2 heterocycles. The fraction of sp³-hybridized carbons (Fsp3) is 0.867. The Bertz CT molecular complexity index is 371. The molecule has 0 saturated carbocycles. The smallest absolute Gasteiger partial charge is 0.320 e. The monoisotopic (exact) mass is 282 g/mol. The molecular formula is C15H26N2O3. The van der Waals surface area contributed by atoms with Gasteiger partial charge in [-0.2, -0.15) is 0 Å². The van der Waals surface area contributed by atoms with Crippen LogP contribution in [0.2, 0.25) is 0 Å². The maximum Gasteiger partial charge on any atom is 0.320 e. The molecule has 0 aromatic rings. The van der Waals surface area contributed by atoms with Gasteiger partial charge in [-0.1, -0.05) is 6.92 Å². The minimum atomic E-state index is -0.717. The molecule has 114 valence electrons. The van der Waals surface area contributed by atoms with Gasteiger partial charge >= 0.3 is 12.0 Å². The Labute approximate surface area is 120 Å². The van der Waals surface area contributed by atoms with Crippen LogP contribution in [0.4, 0.5) is 4.79 Å². The van der Waals surface area contributed by atoms with Gasteiger partial charge in [0.15, 0.2) is 0 Å². The fourth-order valence-electron chi connectivity index (χ4n) is 3.66. The number of rotatable bonds is 4. The molecule has 1 N–H and O–H groups in total. The van der Waals surface area contributed by atoms with Crippen LogP contribution in [0, 0.1) is 5.92 Å². The highest BCUT2D eigenvalue weighted by Gasteiger charge is 2.44. The second-order valence-electron chi connectivity index (χ2n) is 6.38. The van der Waals surface area contributed by atoms with Gasteiger partial charge in [-0.25, -0.2) is 4.79 Å². The lowest BCUT2D eigenvalue weighted by atomic mass is 9.88. The third kappa shape index (κ3) is 2.91. The van der Waals surface area contributed by atoms with Crippen LogP contribution in [-0.2, 0) is 4.79 Å². The molecular weight excluding hydrogens is 256 g/mol. The second kappa shape index (κ2) is 6.02. The van der Waals surface area contributed by atoms with Crippen LogP contribution in [0.1, 0.15) is 52.4 Å². The van der Waals surface area contributed by atoms with Gasteiger partial charge < -0.3 is 14.9 Å². The normalized spacial score (nSPS) is 30.1. The van der Waals surface area contributed by atoms with E-state index in [0.29, 0.717) is 0 Å². The van der Waals surface area contributed by atoms with Crippen molar-refractivity contribution in [3.63, 3.8) is 0 Å². The van der Waals surface area contributed by atoms with E-state index >= 15 is 0 Å². The number of urea groups is 1. The van der Waals surface area contributed by atoms with Crippen molar-refractivity contribution in [2.24, 2.45) is 5.92 Å². The summed E-state index contributed by atoms with van der Waals surface area (Å²) in [6, 6.07) is 0.869. The van der Waals surface area contributed by atoms with Crippen LogP contribution in [0.15, 0.2) is 0 Å². The predicted octanol–water partition coefficient (Wildman–Crippen LogP) is 2.55. The van der Waals surface area contributed by atoms with E-state index in [-0.39, 0.29) is 36.5 Å². The number of amides is 2. The minimum Gasteiger partial charge on any atom is -0.481 e. The molecule has 3 unspecified atom stereocenters. The summed E-state index contributed by atoms with van der Waals surface area (Å²) in [6.07, 6.45) is 4.96. The molecule has 2 rings (SSSR count). The van der Waals surface area contributed by atoms with Gasteiger partial charge in [0, 0.05) is 31.6 Å². The molecule has 5 heteroatoms. The summed E-state index contributed by atoms with van der Waals surface area (Å²) in [7, 11) is 1.87. The Kier molecular flexibility index (Phi) is 4.55. The van der Waals surface area contributed by atoms with E-state index in [0.717, 1.165) is 32.1 Å². The number of fused-ring (bicyclic) bond motifs is 2. The van der Waals surface area contributed by atoms with E-state index in [9.17, 15) is 9.59 Å². The van der Waals surface area contributed by atoms with Crippen molar-refractivity contribution in [1.29, 1.82) is 0 Å². The molecule has 2 aliphatic heterocycles. The van der Waals surface area contributed by atoms with Crippen LogP contribution < -0.4 is 0 Å². The average Bonchev–Trinajstić information content (AvgIpc) is 2.67. The largest absolute Gasteiger partial charge is 0.481 e. The van der Waals surface area contributed by atoms with Crippen LogP contribution in [0.3, 0.4) is 0 Å². The highest BCUT2D eigenvalue weighted by molar-refractivity contribution is 5.76. The molecule has 20 heavy (non-hydrogen) atoms. The van der Waals surface area contributed by atoms with E-state index in [2.05, 4.69) is 13.8 Å². The molecule has 0 aromatic carbocycles. The molecule has 2 aliphatic rings. The topological polar surface area (TPSA) is 60.9 Å². The van der Waals surface area contributed by atoms with Crippen molar-refractivity contribution in [2.45, 2.75) is 70.5 Å². The molecule has 0 radical (unpaired) electrons. The summed E-state index contributed by atoms with van der Waals surface area (Å²) in [5, 5.41) is 8.94. The van der Waals surface area contributed by atoms with Gasteiger partial charge in [0.2, 0.25) is 0 Å². The van der Waals surface area contributed by atoms with Gasteiger partial charge in [0.05, 0.1) is 0 Å². The number of carboxylic acids is 1. The number of piperidine rings is 1. The number of nitrogens with zero attached hydrogens (tertiary/aromatic N) is 2. The quantitative estimate of drug-likeness (QED) is 0.862. The minimum absolute atomic E-state index is 0.126. The maximum absolute atomic E-state index is 12.6. The molecule has 2 amide bonds. The van der Waals surface area contributed by atoms with Crippen LogP contribution in [-0.4, -0.2) is 52.1 Å². The predicted molar refractivity (Wildman–Crippen MR) is 76.5 cm³/mol. The molecule has 3 atom stereocenters. The van der Waals surface area contributed by atoms with Gasteiger partial charge in [0.25, 0.3) is 0 Å².